The highest BCUT2D eigenvalue weighted by molar-refractivity contribution is 5.08. The molecule has 3 heteroatoms. The van der Waals surface area contributed by atoms with Gasteiger partial charge in [-0.3, -0.25) is 0 Å². The van der Waals surface area contributed by atoms with Crippen molar-refractivity contribution in [3.05, 3.63) is 18.2 Å². The number of aromatic nitrogens is 2. The summed E-state index contributed by atoms with van der Waals surface area (Å²) in [5, 5.41) is 0. The van der Waals surface area contributed by atoms with Crippen molar-refractivity contribution in [2.45, 2.75) is 32.4 Å². The normalized spacial score (nSPS) is 30.2. The molecule has 1 aliphatic carbocycles. The van der Waals surface area contributed by atoms with Gasteiger partial charge in [-0.05, 0) is 19.3 Å². The summed E-state index contributed by atoms with van der Waals surface area (Å²) in [4.78, 5) is 4.12. The minimum absolute atomic E-state index is 0.0975. The Bertz CT molecular complexity index is 277. The van der Waals surface area contributed by atoms with Gasteiger partial charge in [0.1, 0.15) is 0 Å². The molecule has 3 atom stereocenters. The maximum Gasteiger partial charge on any atom is 0.0951 e. The summed E-state index contributed by atoms with van der Waals surface area (Å²) >= 11 is 0. The smallest absolute Gasteiger partial charge is 0.0951 e. The number of hydrogen-bond donors (Lipinski definition) is 1. The quantitative estimate of drug-likeness (QED) is 0.721. The van der Waals surface area contributed by atoms with Crippen molar-refractivity contribution in [2.24, 2.45) is 11.7 Å². The van der Waals surface area contributed by atoms with Gasteiger partial charge < -0.3 is 10.3 Å². The van der Waals surface area contributed by atoms with Crippen LogP contribution in [0.5, 0.6) is 0 Å². The van der Waals surface area contributed by atoms with E-state index in [4.69, 9.17) is 5.73 Å². The van der Waals surface area contributed by atoms with Crippen LogP contribution in [-0.2, 0) is 0 Å². The lowest BCUT2D eigenvalue weighted by molar-refractivity contribution is 0.616. The van der Waals surface area contributed by atoms with Crippen molar-refractivity contribution in [1.82, 2.24) is 9.55 Å². The van der Waals surface area contributed by atoms with Crippen molar-refractivity contribution < 1.29 is 0 Å². The van der Waals surface area contributed by atoms with Gasteiger partial charge in [-0.2, -0.15) is 0 Å². The first-order valence-electron chi connectivity index (χ1n) is 4.47. The zero-order valence-electron chi connectivity index (χ0n) is 7.57. The molecule has 2 unspecified atom stereocenters. The van der Waals surface area contributed by atoms with Gasteiger partial charge in [0.2, 0.25) is 0 Å². The van der Waals surface area contributed by atoms with Crippen molar-refractivity contribution in [3.8, 4) is 0 Å². The molecule has 3 nitrogen and oxygen atoms in total. The molecule has 12 heavy (non-hydrogen) atoms. The molecule has 2 rings (SSSR count). The van der Waals surface area contributed by atoms with Crippen LogP contribution in [0.2, 0.25) is 0 Å². The first-order chi connectivity index (χ1) is 5.70. The van der Waals surface area contributed by atoms with Crippen LogP contribution in [0.4, 0.5) is 0 Å². The Morgan fingerprint density at radius 2 is 2.42 bits per heavy atom. The van der Waals surface area contributed by atoms with Gasteiger partial charge in [-0.1, -0.05) is 6.92 Å². The molecule has 2 N–H and O–H groups in total. The van der Waals surface area contributed by atoms with Crippen LogP contribution < -0.4 is 5.73 Å². The van der Waals surface area contributed by atoms with E-state index in [0.29, 0.717) is 6.04 Å². The lowest BCUT2D eigenvalue weighted by Gasteiger charge is -2.09. The standard InChI is InChI=1S/C9H15N3/c1-6-3-8(6)12-5-11-4-9(12)7(2)10/h4-8H,3,10H2,1-2H3/t6?,7-,8?/m1/s1. The van der Waals surface area contributed by atoms with Gasteiger partial charge >= 0.3 is 0 Å². The Kier molecular flexibility index (Phi) is 1.68. The molecule has 0 saturated heterocycles. The van der Waals surface area contributed by atoms with Crippen molar-refractivity contribution in [2.75, 3.05) is 0 Å². The highest BCUT2D eigenvalue weighted by atomic mass is 15.1. The number of nitrogens with two attached hydrogens (primary N) is 1. The molecule has 1 heterocycles. The van der Waals surface area contributed by atoms with E-state index in [9.17, 15) is 0 Å². The summed E-state index contributed by atoms with van der Waals surface area (Å²) in [6.45, 7) is 4.26. The second-order valence-corrected chi connectivity index (χ2v) is 3.79. The van der Waals surface area contributed by atoms with Gasteiger partial charge in [0.25, 0.3) is 0 Å². The van der Waals surface area contributed by atoms with Crippen LogP contribution in [0.3, 0.4) is 0 Å². The summed E-state index contributed by atoms with van der Waals surface area (Å²) < 4.78 is 2.22. The highest BCUT2D eigenvalue weighted by Gasteiger charge is 2.35. The van der Waals surface area contributed by atoms with Crippen LogP contribution in [0.15, 0.2) is 12.5 Å². The van der Waals surface area contributed by atoms with Crippen LogP contribution in [-0.4, -0.2) is 9.55 Å². The molecule has 0 spiro atoms. The fourth-order valence-corrected chi connectivity index (χ4v) is 1.63. The first kappa shape index (κ1) is 7.80. The molecule has 66 valence electrons. The highest BCUT2D eigenvalue weighted by Crippen LogP contribution is 2.43. The van der Waals surface area contributed by atoms with E-state index < -0.39 is 0 Å². The molecule has 0 bridgehead atoms. The van der Waals surface area contributed by atoms with Crippen LogP contribution >= 0.6 is 0 Å². The second-order valence-electron chi connectivity index (χ2n) is 3.79. The predicted octanol–water partition coefficient (Wildman–Crippen LogP) is 1.48. The third-order valence-corrected chi connectivity index (χ3v) is 2.59. The molecule has 0 radical (unpaired) electrons. The van der Waals surface area contributed by atoms with Crippen molar-refractivity contribution >= 4 is 0 Å². The topological polar surface area (TPSA) is 43.8 Å². The average molecular weight is 165 g/mol. The van der Waals surface area contributed by atoms with Crippen LogP contribution in [0.25, 0.3) is 0 Å². The van der Waals surface area contributed by atoms with Gasteiger partial charge in [0.05, 0.1) is 12.0 Å². The summed E-state index contributed by atoms with van der Waals surface area (Å²) in [5.41, 5.74) is 6.97. The first-order valence-corrected chi connectivity index (χ1v) is 4.47. The minimum Gasteiger partial charge on any atom is -0.330 e. The molecule has 1 fully saturated rings. The molecule has 1 aromatic heterocycles. The molecule has 1 saturated carbocycles. The third kappa shape index (κ3) is 1.14. The van der Waals surface area contributed by atoms with Gasteiger partial charge in [-0.15, -0.1) is 0 Å². The van der Waals surface area contributed by atoms with E-state index in [1.54, 1.807) is 0 Å². The van der Waals surface area contributed by atoms with Gasteiger partial charge in [0.15, 0.2) is 0 Å². The van der Waals surface area contributed by atoms with E-state index in [1.807, 2.05) is 19.4 Å². The van der Waals surface area contributed by atoms with E-state index in [2.05, 4.69) is 16.5 Å². The van der Waals surface area contributed by atoms with Crippen LogP contribution in [0.1, 0.15) is 38.0 Å². The Labute approximate surface area is 72.6 Å². The molecule has 0 aromatic carbocycles. The number of rotatable bonds is 2. The zero-order valence-corrected chi connectivity index (χ0v) is 7.57. The Morgan fingerprint density at radius 3 is 2.92 bits per heavy atom. The van der Waals surface area contributed by atoms with Crippen molar-refractivity contribution in [3.63, 3.8) is 0 Å². The summed E-state index contributed by atoms with van der Waals surface area (Å²) in [5.74, 6) is 0.802. The van der Waals surface area contributed by atoms with Gasteiger partial charge in [-0.25, -0.2) is 4.98 Å². The summed E-state index contributed by atoms with van der Waals surface area (Å²) in [6.07, 6.45) is 5.04. The monoisotopic (exact) mass is 165 g/mol. The lowest BCUT2D eigenvalue weighted by atomic mass is 10.2. The zero-order chi connectivity index (χ0) is 8.72. The van der Waals surface area contributed by atoms with E-state index >= 15 is 0 Å². The minimum atomic E-state index is 0.0975. The summed E-state index contributed by atoms with van der Waals surface area (Å²) in [6, 6.07) is 0.758. The SMILES string of the molecule is CC1CC1n1cncc1[C@@H](C)N. The van der Waals surface area contributed by atoms with Crippen molar-refractivity contribution in [1.29, 1.82) is 0 Å². The second kappa shape index (κ2) is 2.59. The maximum absolute atomic E-state index is 5.81. The maximum atomic E-state index is 5.81. The number of hydrogen-bond acceptors (Lipinski definition) is 2. The fourth-order valence-electron chi connectivity index (χ4n) is 1.63. The lowest BCUT2D eigenvalue weighted by Crippen LogP contribution is -2.11. The average Bonchev–Trinajstić information content (AvgIpc) is 2.58. The molecule has 1 aromatic rings. The molecule has 1 aliphatic rings. The van der Waals surface area contributed by atoms with Gasteiger partial charge in [0, 0.05) is 18.3 Å². The molecular weight excluding hydrogens is 150 g/mol. The summed E-state index contributed by atoms with van der Waals surface area (Å²) in [7, 11) is 0. The van der Waals surface area contributed by atoms with E-state index in [1.165, 1.54) is 6.42 Å². The van der Waals surface area contributed by atoms with E-state index in [0.717, 1.165) is 11.6 Å². The largest absolute Gasteiger partial charge is 0.330 e. The number of nitrogens with zero attached hydrogens (tertiary/aromatic N) is 2. The third-order valence-electron chi connectivity index (χ3n) is 2.59. The number of imidazole rings is 1. The van der Waals surface area contributed by atoms with Crippen LogP contribution in [0, 0.1) is 5.92 Å². The fraction of sp³-hybridized carbons (Fsp3) is 0.667. The van der Waals surface area contributed by atoms with E-state index in [-0.39, 0.29) is 6.04 Å². The Morgan fingerprint density at radius 1 is 1.75 bits per heavy atom. The predicted molar refractivity (Wildman–Crippen MR) is 47.6 cm³/mol. The molecule has 0 aliphatic heterocycles. The Balaban J connectivity index is 2.25. The molecule has 0 amide bonds. The Hall–Kier alpha value is -0.830. The molecular formula is C9H15N3.